The molecule has 0 radical (unpaired) electrons. The largest absolute Gasteiger partial charge is 0.496 e. The van der Waals surface area contributed by atoms with Gasteiger partial charge in [-0.3, -0.25) is 4.79 Å². The van der Waals surface area contributed by atoms with Gasteiger partial charge in [0.15, 0.2) is 0 Å². The van der Waals surface area contributed by atoms with E-state index in [2.05, 4.69) is 0 Å². The summed E-state index contributed by atoms with van der Waals surface area (Å²) in [6.45, 7) is 0.444. The molecule has 1 heterocycles. The summed E-state index contributed by atoms with van der Waals surface area (Å²) in [6.07, 6.45) is 0.672. The highest BCUT2D eigenvalue weighted by molar-refractivity contribution is 7.89. The number of fused-ring (bicyclic) bond motifs is 1. The lowest BCUT2D eigenvalue weighted by Crippen LogP contribution is -2.40. The number of benzene rings is 2. The van der Waals surface area contributed by atoms with Crippen molar-refractivity contribution in [2.75, 3.05) is 20.2 Å². The summed E-state index contributed by atoms with van der Waals surface area (Å²) < 4.78 is 32.7. The van der Waals surface area contributed by atoms with E-state index in [9.17, 15) is 13.2 Å². The molecule has 1 aliphatic heterocycles. The van der Waals surface area contributed by atoms with Crippen LogP contribution in [-0.2, 0) is 14.8 Å². The smallest absolute Gasteiger partial charge is 0.306 e. The van der Waals surface area contributed by atoms with Crippen LogP contribution in [0, 0.1) is 5.92 Å². The number of carboxylic acids is 1. The molecule has 0 amide bonds. The summed E-state index contributed by atoms with van der Waals surface area (Å²) >= 11 is 0. The van der Waals surface area contributed by atoms with E-state index in [0.29, 0.717) is 24.0 Å². The molecule has 0 unspecified atom stereocenters. The highest BCUT2D eigenvalue weighted by atomic mass is 32.2. The number of sulfonamides is 1. The summed E-state index contributed by atoms with van der Waals surface area (Å²) in [6, 6.07) is 10.4. The molecule has 0 aromatic heterocycles. The molecule has 0 bridgehead atoms. The summed E-state index contributed by atoms with van der Waals surface area (Å²) in [4.78, 5) is 11.3. The average molecular weight is 349 g/mol. The maximum absolute atomic E-state index is 13.0. The maximum Gasteiger partial charge on any atom is 0.306 e. The number of carboxylic acid groups (broad SMARTS) is 1. The van der Waals surface area contributed by atoms with Gasteiger partial charge in [0, 0.05) is 23.9 Å². The van der Waals surface area contributed by atoms with Crippen LogP contribution >= 0.6 is 0 Å². The molecular weight excluding hydrogens is 330 g/mol. The monoisotopic (exact) mass is 349 g/mol. The quantitative estimate of drug-likeness (QED) is 0.916. The molecular formula is C17H19NO5S. The van der Waals surface area contributed by atoms with Crippen molar-refractivity contribution in [1.82, 2.24) is 4.31 Å². The summed E-state index contributed by atoms with van der Waals surface area (Å²) in [5.41, 5.74) is 0. The zero-order valence-electron chi connectivity index (χ0n) is 13.3. The Kier molecular flexibility index (Phi) is 4.47. The first-order valence-corrected chi connectivity index (χ1v) is 9.18. The number of hydrogen-bond acceptors (Lipinski definition) is 4. The van der Waals surface area contributed by atoms with Crippen LogP contribution in [0.5, 0.6) is 5.75 Å². The molecule has 0 saturated carbocycles. The van der Waals surface area contributed by atoms with E-state index in [0.717, 1.165) is 5.39 Å². The van der Waals surface area contributed by atoms with E-state index >= 15 is 0 Å². The fourth-order valence-corrected chi connectivity index (χ4v) is 4.79. The Hall–Kier alpha value is -2.12. The Morgan fingerprint density at radius 1 is 1.12 bits per heavy atom. The molecule has 2 aromatic carbocycles. The normalized spacial score (nSPS) is 17.0. The number of nitrogens with zero attached hydrogens (tertiary/aromatic N) is 1. The lowest BCUT2D eigenvalue weighted by atomic mass is 9.99. The fourth-order valence-electron chi connectivity index (χ4n) is 3.13. The predicted molar refractivity (Wildman–Crippen MR) is 89.6 cm³/mol. The van der Waals surface area contributed by atoms with Crippen LogP contribution in [-0.4, -0.2) is 44.0 Å². The summed E-state index contributed by atoms with van der Waals surface area (Å²) in [5, 5.41) is 10.4. The maximum atomic E-state index is 13.0. The second kappa shape index (κ2) is 6.41. The zero-order chi connectivity index (χ0) is 17.3. The molecule has 2 aromatic rings. The summed E-state index contributed by atoms with van der Waals surface area (Å²) in [7, 11) is -2.13. The number of rotatable bonds is 4. The van der Waals surface area contributed by atoms with E-state index in [1.807, 2.05) is 12.1 Å². The van der Waals surface area contributed by atoms with Gasteiger partial charge in [0.25, 0.3) is 0 Å². The van der Waals surface area contributed by atoms with Crippen molar-refractivity contribution in [1.29, 1.82) is 0 Å². The van der Waals surface area contributed by atoms with E-state index in [1.54, 1.807) is 31.4 Å². The van der Waals surface area contributed by atoms with Crippen molar-refractivity contribution in [3.63, 3.8) is 0 Å². The highest BCUT2D eigenvalue weighted by Crippen LogP contribution is 2.33. The fraction of sp³-hybridized carbons (Fsp3) is 0.353. The Bertz CT molecular complexity index is 870. The van der Waals surface area contributed by atoms with Crippen molar-refractivity contribution < 1.29 is 23.1 Å². The minimum atomic E-state index is -3.68. The molecule has 3 rings (SSSR count). The topological polar surface area (TPSA) is 83.9 Å². The first kappa shape index (κ1) is 16.7. The first-order valence-electron chi connectivity index (χ1n) is 7.74. The number of piperidine rings is 1. The molecule has 1 fully saturated rings. The minimum Gasteiger partial charge on any atom is -0.496 e. The first-order chi connectivity index (χ1) is 11.4. The van der Waals surface area contributed by atoms with E-state index in [1.165, 1.54) is 4.31 Å². The van der Waals surface area contributed by atoms with Crippen LogP contribution < -0.4 is 4.74 Å². The highest BCUT2D eigenvalue weighted by Gasteiger charge is 2.33. The molecule has 7 heteroatoms. The number of ether oxygens (including phenoxy) is 1. The SMILES string of the molecule is COc1ccc(S(=O)(=O)N2CCC(C(=O)O)CC2)c2ccccc12. The molecule has 0 spiro atoms. The minimum absolute atomic E-state index is 0.222. The van der Waals surface area contributed by atoms with E-state index in [-0.39, 0.29) is 18.0 Å². The zero-order valence-corrected chi connectivity index (χ0v) is 14.1. The molecule has 0 aliphatic carbocycles. The van der Waals surface area contributed by atoms with Crippen molar-refractivity contribution >= 4 is 26.8 Å². The van der Waals surface area contributed by atoms with Crippen molar-refractivity contribution in [3.8, 4) is 5.75 Å². The summed E-state index contributed by atoms with van der Waals surface area (Å²) in [5.74, 6) is -0.708. The van der Waals surface area contributed by atoms with Crippen LogP contribution in [0.1, 0.15) is 12.8 Å². The van der Waals surface area contributed by atoms with Gasteiger partial charge >= 0.3 is 5.97 Å². The molecule has 24 heavy (non-hydrogen) atoms. The van der Waals surface area contributed by atoms with Gasteiger partial charge in [-0.15, -0.1) is 0 Å². The van der Waals surface area contributed by atoms with Gasteiger partial charge in [-0.05, 0) is 25.0 Å². The number of methoxy groups -OCH3 is 1. The van der Waals surface area contributed by atoms with Gasteiger partial charge in [-0.25, -0.2) is 8.42 Å². The van der Waals surface area contributed by atoms with Gasteiger partial charge < -0.3 is 9.84 Å². The van der Waals surface area contributed by atoms with Crippen molar-refractivity contribution in [3.05, 3.63) is 36.4 Å². The van der Waals surface area contributed by atoms with Crippen LogP contribution in [0.15, 0.2) is 41.3 Å². The molecule has 128 valence electrons. The third kappa shape index (κ3) is 2.85. The molecule has 1 aliphatic rings. The Balaban J connectivity index is 1.99. The van der Waals surface area contributed by atoms with Crippen LogP contribution in [0.3, 0.4) is 0 Å². The predicted octanol–water partition coefficient (Wildman–Crippen LogP) is 2.33. The lowest BCUT2D eigenvalue weighted by Gasteiger charge is -2.29. The lowest BCUT2D eigenvalue weighted by molar-refractivity contribution is -0.142. The second-order valence-electron chi connectivity index (χ2n) is 5.83. The Morgan fingerprint density at radius 2 is 1.75 bits per heavy atom. The number of carbonyl (C=O) groups is 1. The van der Waals surface area contributed by atoms with E-state index in [4.69, 9.17) is 9.84 Å². The number of hydrogen-bond donors (Lipinski definition) is 1. The second-order valence-corrected chi connectivity index (χ2v) is 7.73. The van der Waals surface area contributed by atoms with Crippen molar-refractivity contribution in [2.45, 2.75) is 17.7 Å². The van der Waals surface area contributed by atoms with Gasteiger partial charge in [0.05, 0.1) is 17.9 Å². The van der Waals surface area contributed by atoms with Crippen molar-refractivity contribution in [2.24, 2.45) is 5.92 Å². The average Bonchev–Trinajstić information content (AvgIpc) is 2.60. The van der Waals surface area contributed by atoms with Crippen LogP contribution in [0.25, 0.3) is 10.8 Å². The van der Waals surface area contributed by atoms with Gasteiger partial charge in [-0.2, -0.15) is 4.31 Å². The number of aliphatic carboxylic acids is 1. The van der Waals surface area contributed by atoms with Gasteiger partial charge in [-0.1, -0.05) is 24.3 Å². The van der Waals surface area contributed by atoms with Crippen LogP contribution in [0.2, 0.25) is 0 Å². The van der Waals surface area contributed by atoms with Gasteiger partial charge in [0.2, 0.25) is 10.0 Å². The molecule has 0 atom stereocenters. The molecule has 6 nitrogen and oxygen atoms in total. The van der Waals surface area contributed by atoms with Gasteiger partial charge in [0.1, 0.15) is 5.75 Å². The standard InChI is InChI=1S/C17H19NO5S/c1-23-15-6-7-16(14-5-3-2-4-13(14)15)24(21,22)18-10-8-12(9-11-18)17(19)20/h2-7,12H,8-11H2,1H3,(H,19,20). The third-order valence-corrected chi connectivity index (χ3v) is 6.44. The molecule has 1 N–H and O–H groups in total. The van der Waals surface area contributed by atoms with E-state index < -0.39 is 21.9 Å². The Labute approximate surface area is 140 Å². The Morgan fingerprint density at radius 3 is 2.33 bits per heavy atom. The van der Waals surface area contributed by atoms with Crippen LogP contribution in [0.4, 0.5) is 0 Å². The third-order valence-electron chi connectivity index (χ3n) is 4.48. The molecule has 1 saturated heterocycles.